The van der Waals surface area contributed by atoms with E-state index < -0.39 is 0 Å². The van der Waals surface area contributed by atoms with Gasteiger partial charge in [-0.25, -0.2) is 4.98 Å². The maximum atomic E-state index is 5.58. The number of rotatable bonds is 3. The Morgan fingerprint density at radius 1 is 1.21 bits per heavy atom. The summed E-state index contributed by atoms with van der Waals surface area (Å²) in [4.78, 5) is 6.50. The first-order valence-corrected chi connectivity index (χ1v) is 6.36. The maximum absolute atomic E-state index is 5.58. The fraction of sp³-hybridized carbons (Fsp3) is 0.267. The summed E-state index contributed by atoms with van der Waals surface area (Å²) in [7, 11) is 2.02. The lowest BCUT2D eigenvalue weighted by Gasteiger charge is -2.19. The summed E-state index contributed by atoms with van der Waals surface area (Å²) >= 11 is 0. The van der Waals surface area contributed by atoms with Crippen molar-refractivity contribution >= 4 is 11.5 Å². The summed E-state index contributed by atoms with van der Waals surface area (Å²) in [5.74, 6) is 0.913. The molecular formula is C15H17N3O. The molecule has 0 spiro atoms. The van der Waals surface area contributed by atoms with Crippen LogP contribution in [0.15, 0.2) is 36.5 Å². The minimum Gasteiger partial charge on any atom is -0.372 e. The number of nitrogens with two attached hydrogens (primary N) is 1. The number of hydrogen-bond donors (Lipinski definition) is 1. The Morgan fingerprint density at radius 2 is 2.05 bits per heavy atom. The predicted molar refractivity (Wildman–Crippen MR) is 75.1 cm³/mol. The van der Waals surface area contributed by atoms with Crippen molar-refractivity contribution in [1.29, 1.82) is 0 Å². The van der Waals surface area contributed by atoms with Crippen LogP contribution in [0.1, 0.15) is 16.7 Å². The van der Waals surface area contributed by atoms with E-state index in [1.807, 2.05) is 25.4 Å². The molecule has 2 N–H and O–H groups in total. The van der Waals surface area contributed by atoms with E-state index in [1.54, 1.807) is 0 Å². The SMILES string of the molecule is CN(c1ccc2c(c1)COC2)c1ccc(CN)cn1. The first-order valence-electron chi connectivity index (χ1n) is 6.36. The number of aromatic nitrogens is 1. The molecule has 19 heavy (non-hydrogen) atoms. The number of benzene rings is 1. The largest absolute Gasteiger partial charge is 0.372 e. The Morgan fingerprint density at radius 3 is 2.79 bits per heavy atom. The number of nitrogens with zero attached hydrogens (tertiary/aromatic N) is 2. The molecule has 0 unspecified atom stereocenters. The van der Waals surface area contributed by atoms with Gasteiger partial charge in [0.25, 0.3) is 0 Å². The molecule has 1 aromatic carbocycles. The van der Waals surface area contributed by atoms with Crippen LogP contribution in [-0.4, -0.2) is 12.0 Å². The van der Waals surface area contributed by atoms with Crippen molar-refractivity contribution in [2.45, 2.75) is 19.8 Å². The van der Waals surface area contributed by atoms with Gasteiger partial charge in [0.05, 0.1) is 13.2 Å². The summed E-state index contributed by atoms with van der Waals surface area (Å²) in [6.45, 7) is 1.95. The van der Waals surface area contributed by atoms with Crippen LogP contribution in [0.4, 0.5) is 11.5 Å². The van der Waals surface area contributed by atoms with Crippen molar-refractivity contribution in [2.75, 3.05) is 11.9 Å². The fourth-order valence-corrected chi connectivity index (χ4v) is 2.24. The van der Waals surface area contributed by atoms with Crippen molar-refractivity contribution in [3.63, 3.8) is 0 Å². The lowest BCUT2D eigenvalue weighted by molar-refractivity contribution is 0.134. The molecule has 0 saturated heterocycles. The predicted octanol–water partition coefficient (Wildman–Crippen LogP) is 2.34. The summed E-state index contributed by atoms with van der Waals surface area (Å²) in [6, 6.07) is 10.4. The highest BCUT2D eigenvalue weighted by Crippen LogP contribution is 2.28. The average molecular weight is 255 g/mol. The van der Waals surface area contributed by atoms with Crippen LogP contribution < -0.4 is 10.6 Å². The number of hydrogen-bond acceptors (Lipinski definition) is 4. The minimum atomic E-state index is 0.521. The zero-order chi connectivity index (χ0) is 13.2. The van der Waals surface area contributed by atoms with E-state index in [2.05, 4.69) is 28.1 Å². The van der Waals surface area contributed by atoms with Crippen molar-refractivity contribution < 1.29 is 4.74 Å². The van der Waals surface area contributed by atoms with Gasteiger partial charge in [0, 0.05) is 25.5 Å². The molecule has 2 heterocycles. The molecule has 0 aliphatic carbocycles. The monoisotopic (exact) mass is 255 g/mol. The van der Waals surface area contributed by atoms with Gasteiger partial charge in [-0.05, 0) is 34.9 Å². The highest BCUT2D eigenvalue weighted by Gasteiger charge is 2.13. The molecule has 2 aromatic rings. The highest BCUT2D eigenvalue weighted by atomic mass is 16.5. The second kappa shape index (κ2) is 4.99. The molecule has 0 amide bonds. The fourth-order valence-electron chi connectivity index (χ4n) is 2.24. The van der Waals surface area contributed by atoms with E-state index in [1.165, 1.54) is 11.1 Å². The maximum Gasteiger partial charge on any atom is 0.132 e. The molecule has 0 fully saturated rings. The van der Waals surface area contributed by atoms with Crippen LogP contribution in [0.2, 0.25) is 0 Å². The van der Waals surface area contributed by atoms with Gasteiger partial charge >= 0.3 is 0 Å². The van der Waals surface area contributed by atoms with E-state index in [0.717, 1.165) is 23.7 Å². The van der Waals surface area contributed by atoms with Crippen LogP contribution in [0.25, 0.3) is 0 Å². The first-order chi connectivity index (χ1) is 9.28. The van der Waals surface area contributed by atoms with Crippen LogP contribution in [0.5, 0.6) is 0 Å². The lowest BCUT2D eigenvalue weighted by atomic mass is 10.1. The van der Waals surface area contributed by atoms with E-state index in [0.29, 0.717) is 13.2 Å². The molecule has 98 valence electrons. The highest BCUT2D eigenvalue weighted by molar-refractivity contribution is 5.61. The van der Waals surface area contributed by atoms with Gasteiger partial charge in [0.1, 0.15) is 5.82 Å². The van der Waals surface area contributed by atoms with Gasteiger partial charge in [-0.15, -0.1) is 0 Å². The van der Waals surface area contributed by atoms with E-state index >= 15 is 0 Å². The van der Waals surface area contributed by atoms with Gasteiger partial charge in [0.2, 0.25) is 0 Å². The number of pyridine rings is 1. The standard InChI is InChI=1S/C15H17N3O/c1-18(15-5-2-11(7-16)8-17-15)14-4-3-12-9-19-10-13(12)6-14/h2-6,8H,7,9-10,16H2,1H3. The van der Waals surface area contributed by atoms with Gasteiger partial charge in [-0.1, -0.05) is 12.1 Å². The molecule has 1 aromatic heterocycles. The molecule has 0 bridgehead atoms. The summed E-state index contributed by atoms with van der Waals surface area (Å²) < 4.78 is 5.44. The smallest absolute Gasteiger partial charge is 0.132 e. The molecule has 0 radical (unpaired) electrons. The molecule has 4 nitrogen and oxygen atoms in total. The van der Waals surface area contributed by atoms with Crippen LogP contribution in [-0.2, 0) is 24.5 Å². The van der Waals surface area contributed by atoms with E-state index in [9.17, 15) is 0 Å². The number of ether oxygens (including phenoxy) is 1. The molecule has 1 aliphatic heterocycles. The van der Waals surface area contributed by atoms with Gasteiger partial charge in [0.15, 0.2) is 0 Å². The third-order valence-corrected chi connectivity index (χ3v) is 3.48. The number of fused-ring (bicyclic) bond motifs is 1. The summed E-state index contributed by atoms with van der Waals surface area (Å²) in [6.07, 6.45) is 1.82. The third-order valence-electron chi connectivity index (χ3n) is 3.48. The number of anilines is 2. The molecule has 1 aliphatic rings. The quantitative estimate of drug-likeness (QED) is 0.914. The molecule has 4 heteroatoms. The van der Waals surface area contributed by atoms with Gasteiger partial charge in [-0.3, -0.25) is 0 Å². The van der Waals surface area contributed by atoms with Crippen molar-refractivity contribution in [1.82, 2.24) is 4.98 Å². The second-order valence-electron chi connectivity index (χ2n) is 4.73. The molecular weight excluding hydrogens is 238 g/mol. The van der Waals surface area contributed by atoms with E-state index in [-0.39, 0.29) is 0 Å². The zero-order valence-corrected chi connectivity index (χ0v) is 11.0. The Hall–Kier alpha value is -1.91. The Balaban J connectivity index is 1.88. The lowest BCUT2D eigenvalue weighted by Crippen LogP contribution is -2.11. The summed E-state index contributed by atoms with van der Waals surface area (Å²) in [5.41, 5.74) is 10.3. The van der Waals surface area contributed by atoms with Gasteiger partial charge < -0.3 is 15.4 Å². The molecule has 0 atom stereocenters. The topological polar surface area (TPSA) is 51.4 Å². The van der Waals surface area contributed by atoms with Crippen molar-refractivity contribution in [2.24, 2.45) is 5.73 Å². The Bertz CT molecular complexity index is 580. The normalized spacial score (nSPS) is 13.4. The van der Waals surface area contributed by atoms with Gasteiger partial charge in [-0.2, -0.15) is 0 Å². The van der Waals surface area contributed by atoms with Crippen LogP contribution in [0.3, 0.4) is 0 Å². The Kier molecular flexibility index (Phi) is 3.19. The summed E-state index contributed by atoms with van der Waals surface area (Å²) in [5, 5.41) is 0. The Labute approximate surface area is 112 Å². The van der Waals surface area contributed by atoms with Crippen LogP contribution >= 0.6 is 0 Å². The third kappa shape index (κ3) is 2.32. The zero-order valence-electron chi connectivity index (χ0n) is 11.0. The van der Waals surface area contributed by atoms with Crippen molar-refractivity contribution in [3.05, 3.63) is 53.2 Å². The van der Waals surface area contributed by atoms with Crippen LogP contribution in [0, 0.1) is 0 Å². The first kappa shape index (κ1) is 12.1. The second-order valence-corrected chi connectivity index (χ2v) is 4.73. The molecule has 3 rings (SSSR count). The average Bonchev–Trinajstić information content (AvgIpc) is 2.94. The van der Waals surface area contributed by atoms with Crippen molar-refractivity contribution in [3.8, 4) is 0 Å². The van der Waals surface area contributed by atoms with E-state index in [4.69, 9.17) is 10.5 Å². The molecule has 0 saturated carbocycles. The minimum absolute atomic E-state index is 0.521.